The SMILES string of the molecule is N=C(N)c1ccc(-n2cc(-c3ccccc3)n(-c3ccc(CCC(=O)O)cc3)c2=O)cc1. The summed E-state index contributed by atoms with van der Waals surface area (Å²) in [5, 5.41) is 16.5. The van der Waals surface area contributed by atoms with E-state index in [1.165, 1.54) is 0 Å². The molecule has 1 heterocycles. The van der Waals surface area contributed by atoms with Crippen LogP contribution in [0.1, 0.15) is 17.5 Å². The number of nitrogen functional groups attached to an aromatic ring is 1. The van der Waals surface area contributed by atoms with Gasteiger partial charge in [0.1, 0.15) is 5.84 Å². The number of carbonyl (C=O) groups is 1. The van der Waals surface area contributed by atoms with Crippen LogP contribution in [0.4, 0.5) is 0 Å². The summed E-state index contributed by atoms with van der Waals surface area (Å²) in [6.07, 6.45) is 2.28. The number of carboxylic acid groups (broad SMARTS) is 1. The highest BCUT2D eigenvalue weighted by molar-refractivity contribution is 5.95. The Labute approximate surface area is 184 Å². The van der Waals surface area contributed by atoms with Crippen LogP contribution < -0.4 is 11.4 Å². The Morgan fingerprint density at radius 2 is 1.53 bits per heavy atom. The fourth-order valence-electron chi connectivity index (χ4n) is 3.56. The van der Waals surface area contributed by atoms with E-state index in [4.69, 9.17) is 16.2 Å². The van der Waals surface area contributed by atoms with Crippen molar-refractivity contribution in [2.75, 3.05) is 0 Å². The van der Waals surface area contributed by atoms with Gasteiger partial charge in [-0.2, -0.15) is 0 Å². The molecule has 0 saturated heterocycles. The average molecular weight is 426 g/mol. The summed E-state index contributed by atoms with van der Waals surface area (Å²) in [5.41, 5.74) is 9.74. The molecule has 32 heavy (non-hydrogen) atoms. The highest BCUT2D eigenvalue weighted by Gasteiger charge is 2.16. The number of nitrogens with two attached hydrogens (primary N) is 1. The van der Waals surface area contributed by atoms with Gasteiger partial charge in [-0.05, 0) is 48.4 Å². The number of imidazole rings is 1. The van der Waals surface area contributed by atoms with E-state index in [0.29, 0.717) is 23.4 Å². The van der Waals surface area contributed by atoms with Gasteiger partial charge in [0, 0.05) is 23.7 Å². The van der Waals surface area contributed by atoms with Crippen LogP contribution in [-0.2, 0) is 11.2 Å². The molecule has 0 spiro atoms. The van der Waals surface area contributed by atoms with Gasteiger partial charge >= 0.3 is 11.7 Å². The van der Waals surface area contributed by atoms with Gasteiger partial charge < -0.3 is 10.8 Å². The molecule has 160 valence electrons. The normalized spacial score (nSPS) is 10.8. The molecular formula is C25H22N4O3. The molecule has 4 N–H and O–H groups in total. The molecule has 7 nitrogen and oxygen atoms in total. The van der Waals surface area contributed by atoms with Crippen molar-refractivity contribution in [1.29, 1.82) is 5.41 Å². The minimum Gasteiger partial charge on any atom is -0.481 e. The summed E-state index contributed by atoms with van der Waals surface area (Å²) in [6, 6.07) is 23.9. The predicted octanol–water partition coefficient (Wildman–Crippen LogP) is 3.60. The number of carboxylic acids is 1. The molecule has 0 fully saturated rings. The highest BCUT2D eigenvalue weighted by atomic mass is 16.4. The first-order valence-corrected chi connectivity index (χ1v) is 10.1. The van der Waals surface area contributed by atoms with E-state index in [-0.39, 0.29) is 17.9 Å². The number of nitrogens with zero attached hydrogens (tertiary/aromatic N) is 2. The van der Waals surface area contributed by atoms with Crippen LogP contribution in [0.5, 0.6) is 0 Å². The number of amidine groups is 1. The van der Waals surface area contributed by atoms with Gasteiger partial charge in [-0.1, -0.05) is 42.5 Å². The van der Waals surface area contributed by atoms with Gasteiger partial charge in [0.25, 0.3) is 0 Å². The van der Waals surface area contributed by atoms with Gasteiger partial charge in [0.2, 0.25) is 0 Å². The number of benzene rings is 3. The second kappa shape index (κ2) is 8.77. The summed E-state index contributed by atoms with van der Waals surface area (Å²) in [6.45, 7) is 0. The number of aromatic nitrogens is 2. The first kappa shape index (κ1) is 20.9. The standard InChI is InChI=1S/C25H22N4O3/c26-24(27)19-9-13-20(14-10-19)28-16-22(18-4-2-1-3-5-18)29(25(28)32)21-11-6-17(7-12-21)8-15-23(30)31/h1-7,9-14,16H,8,15H2,(H3,26,27)(H,30,31). The average Bonchev–Trinajstić information content (AvgIpc) is 3.15. The predicted molar refractivity (Wildman–Crippen MR) is 124 cm³/mol. The minimum atomic E-state index is -0.843. The second-order valence-corrected chi connectivity index (χ2v) is 7.39. The first-order chi connectivity index (χ1) is 15.4. The lowest BCUT2D eigenvalue weighted by molar-refractivity contribution is -0.136. The van der Waals surface area contributed by atoms with Gasteiger partial charge in [-0.15, -0.1) is 0 Å². The zero-order valence-electron chi connectivity index (χ0n) is 17.2. The number of aliphatic carboxylic acids is 1. The number of hydrogen-bond donors (Lipinski definition) is 3. The lowest BCUT2D eigenvalue weighted by Gasteiger charge is -2.08. The quantitative estimate of drug-likeness (QED) is 0.309. The van der Waals surface area contributed by atoms with Crippen LogP contribution in [0.15, 0.2) is 89.9 Å². The summed E-state index contributed by atoms with van der Waals surface area (Å²) in [7, 11) is 0. The van der Waals surface area contributed by atoms with E-state index in [9.17, 15) is 9.59 Å². The lowest BCUT2D eigenvalue weighted by atomic mass is 10.1. The van der Waals surface area contributed by atoms with Crippen molar-refractivity contribution in [3.63, 3.8) is 0 Å². The molecule has 0 atom stereocenters. The zero-order valence-corrected chi connectivity index (χ0v) is 17.2. The molecule has 0 saturated carbocycles. The Morgan fingerprint density at radius 1 is 0.906 bits per heavy atom. The first-order valence-electron chi connectivity index (χ1n) is 10.1. The molecule has 0 radical (unpaired) electrons. The van der Waals surface area contributed by atoms with Gasteiger partial charge in [-0.3, -0.25) is 19.3 Å². The van der Waals surface area contributed by atoms with Crippen LogP contribution in [-0.4, -0.2) is 26.0 Å². The Hall–Kier alpha value is -4.39. The van der Waals surface area contributed by atoms with E-state index in [1.807, 2.05) is 54.6 Å². The third kappa shape index (κ3) is 4.22. The number of rotatable bonds is 7. The summed E-state index contributed by atoms with van der Waals surface area (Å²) >= 11 is 0. The zero-order chi connectivity index (χ0) is 22.7. The van der Waals surface area contributed by atoms with Crippen molar-refractivity contribution in [1.82, 2.24) is 9.13 Å². The Bertz CT molecular complexity index is 1320. The van der Waals surface area contributed by atoms with Crippen molar-refractivity contribution in [2.24, 2.45) is 5.73 Å². The van der Waals surface area contributed by atoms with Crippen molar-refractivity contribution in [3.8, 4) is 22.6 Å². The molecule has 4 aromatic rings. The molecule has 0 unspecified atom stereocenters. The fraction of sp³-hybridized carbons (Fsp3) is 0.0800. The smallest absolute Gasteiger partial charge is 0.337 e. The second-order valence-electron chi connectivity index (χ2n) is 7.39. The van der Waals surface area contributed by atoms with E-state index < -0.39 is 5.97 Å². The van der Waals surface area contributed by atoms with Crippen molar-refractivity contribution in [2.45, 2.75) is 12.8 Å². The Morgan fingerprint density at radius 3 is 2.12 bits per heavy atom. The molecule has 7 heteroatoms. The van der Waals surface area contributed by atoms with E-state index in [0.717, 1.165) is 16.8 Å². The Balaban J connectivity index is 1.81. The maximum absolute atomic E-state index is 13.5. The summed E-state index contributed by atoms with van der Waals surface area (Å²) < 4.78 is 3.19. The van der Waals surface area contributed by atoms with E-state index in [2.05, 4.69) is 0 Å². The van der Waals surface area contributed by atoms with Crippen molar-refractivity contribution >= 4 is 11.8 Å². The summed E-state index contributed by atoms with van der Waals surface area (Å²) in [5.74, 6) is -0.876. The van der Waals surface area contributed by atoms with Crippen LogP contribution >= 0.6 is 0 Å². The number of nitrogens with one attached hydrogen (secondary N) is 1. The third-order valence-electron chi connectivity index (χ3n) is 5.24. The van der Waals surface area contributed by atoms with Gasteiger partial charge in [-0.25, -0.2) is 4.79 Å². The molecule has 0 aliphatic carbocycles. The van der Waals surface area contributed by atoms with E-state index in [1.54, 1.807) is 39.6 Å². The van der Waals surface area contributed by atoms with Crippen LogP contribution in [0.3, 0.4) is 0 Å². The fourth-order valence-corrected chi connectivity index (χ4v) is 3.56. The van der Waals surface area contributed by atoms with Crippen molar-refractivity contribution < 1.29 is 9.90 Å². The van der Waals surface area contributed by atoms with Gasteiger partial charge in [0.15, 0.2) is 0 Å². The summed E-state index contributed by atoms with van der Waals surface area (Å²) in [4.78, 5) is 24.3. The molecule has 4 rings (SSSR count). The largest absolute Gasteiger partial charge is 0.481 e. The third-order valence-corrected chi connectivity index (χ3v) is 5.24. The molecule has 0 aliphatic rings. The van der Waals surface area contributed by atoms with Crippen LogP contribution in [0.25, 0.3) is 22.6 Å². The van der Waals surface area contributed by atoms with Gasteiger partial charge in [0.05, 0.1) is 17.1 Å². The number of aryl methyl sites for hydroxylation is 1. The monoisotopic (exact) mass is 426 g/mol. The molecular weight excluding hydrogens is 404 g/mol. The molecule has 0 aliphatic heterocycles. The molecule has 0 bridgehead atoms. The molecule has 0 amide bonds. The van der Waals surface area contributed by atoms with E-state index >= 15 is 0 Å². The maximum Gasteiger partial charge on any atom is 0.337 e. The molecule has 1 aromatic heterocycles. The van der Waals surface area contributed by atoms with Crippen LogP contribution in [0, 0.1) is 5.41 Å². The topological polar surface area (TPSA) is 114 Å². The van der Waals surface area contributed by atoms with Crippen LogP contribution in [0.2, 0.25) is 0 Å². The lowest BCUT2D eigenvalue weighted by Crippen LogP contribution is -2.22. The highest BCUT2D eigenvalue weighted by Crippen LogP contribution is 2.23. The molecule has 3 aromatic carbocycles. The van der Waals surface area contributed by atoms with Crippen molar-refractivity contribution in [3.05, 3.63) is 107 Å². The minimum absolute atomic E-state index is 0.0329. The number of hydrogen-bond acceptors (Lipinski definition) is 3. The maximum atomic E-state index is 13.5. The Kier molecular flexibility index (Phi) is 5.72.